The Morgan fingerprint density at radius 3 is 2.67 bits per heavy atom. The van der Waals surface area contributed by atoms with Gasteiger partial charge in [-0.3, -0.25) is 0 Å². The Morgan fingerprint density at radius 2 is 2.00 bits per heavy atom. The van der Waals surface area contributed by atoms with Gasteiger partial charge in [0.15, 0.2) is 0 Å². The molecule has 1 N–H and O–H groups in total. The van der Waals surface area contributed by atoms with E-state index in [4.69, 9.17) is 0 Å². The fourth-order valence-electron chi connectivity index (χ4n) is 3.77. The number of urea groups is 1. The largest absolute Gasteiger partial charge is 0.325 e. The second-order valence-electron chi connectivity index (χ2n) is 7.09. The van der Waals surface area contributed by atoms with Gasteiger partial charge in [0.1, 0.15) is 0 Å². The van der Waals surface area contributed by atoms with E-state index >= 15 is 0 Å². The van der Waals surface area contributed by atoms with E-state index in [-0.39, 0.29) is 11.4 Å². The molecule has 126 valence electrons. The number of hydrogen-bond donors (Lipinski definition) is 1. The highest BCUT2D eigenvalue weighted by Crippen LogP contribution is 2.43. The molecule has 1 saturated heterocycles. The van der Waals surface area contributed by atoms with Crippen LogP contribution in [-0.2, 0) is 6.42 Å². The lowest BCUT2D eigenvalue weighted by Crippen LogP contribution is -2.43. The maximum atomic E-state index is 12.7. The molecule has 1 aliphatic carbocycles. The van der Waals surface area contributed by atoms with Gasteiger partial charge in [0.05, 0.1) is 17.3 Å². The number of nitrogens with zero attached hydrogens (tertiary/aromatic N) is 2. The van der Waals surface area contributed by atoms with Gasteiger partial charge in [-0.25, -0.2) is 4.79 Å². The van der Waals surface area contributed by atoms with Crippen molar-refractivity contribution < 1.29 is 4.79 Å². The Hall–Kier alpha value is -2.28. The topological polar surface area (TPSA) is 56.1 Å². The number of piperidine rings is 1. The van der Waals surface area contributed by atoms with Crippen molar-refractivity contribution in [1.82, 2.24) is 10.2 Å². The summed E-state index contributed by atoms with van der Waals surface area (Å²) in [6, 6.07) is 10.4. The molecule has 1 aromatic carbocycles. The van der Waals surface area contributed by atoms with Gasteiger partial charge in [-0.15, -0.1) is 0 Å². The summed E-state index contributed by atoms with van der Waals surface area (Å²) in [5, 5.41) is 12.9. The van der Waals surface area contributed by atoms with E-state index in [1.54, 1.807) is 0 Å². The third kappa shape index (κ3) is 2.91. The van der Waals surface area contributed by atoms with Crippen molar-refractivity contribution in [2.75, 3.05) is 13.1 Å². The monoisotopic (exact) mass is 323 g/mol. The highest BCUT2D eigenvalue weighted by molar-refractivity contribution is 5.89. The van der Waals surface area contributed by atoms with Gasteiger partial charge < -0.3 is 10.2 Å². The second-order valence-corrected chi connectivity index (χ2v) is 7.09. The Labute approximate surface area is 144 Å². The quantitative estimate of drug-likeness (QED) is 0.891. The number of likely N-dealkylation sites (tertiary alicyclic amines) is 1. The molecule has 2 amide bonds. The van der Waals surface area contributed by atoms with Crippen LogP contribution in [0, 0.1) is 16.7 Å². The maximum absolute atomic E-state index is 12.7. The molecule has 0 aromatic heterocycles. The van der Waals surface area contributed by atoms with Crippen molar-refractivity contribution in [3.05, 3.63) is 41.0 Å². The van der Waals surface area contributed by atoms with Crippen LogP contribution in [0.5, 0.6) is 0 Å². The molecular weight excluding hydrogens is 298 g/mol. The van der Waals surface area contributed by atoms with Crippen molar-refractivity contribution in [3.8, 4) is 6.07 Å². The molecule has 1 aliphatic heterocycles. The molecular formula is C20H25N3O. The van der Waals surface area contributed by atoms with E-state index in [2.05, 4.69) is 31.3 Å². The minimum Gasteiger partial charge on any atom is -0.325 e. The highest BCUT2D eigenvalue weighted by Gasteiger charge is 2.37. The number of nitrogens with one attached hydrogen (secondary N) is 1. The van der Waals surface area contributed by atoms with E-state index in [0.717, 1.165) is 44.3 Å². The number of hydrogen-bond acceptors (Lipinski definition) is 2. The lowest BCUT2D eigenvalue weighted by Gasteiger charge is -2.36. The van der Waals surface area contributed by atoms with Gasteiger partial charge in [0.2, 0.25) is 0 Å². The van der Waals surface area contributed by atoms with Gasteiger partial charge in [-0.1, -0.05) is 38.1 Å². The number of benzene rings is 1. The first-order valence-corrected chi connectivity index (χ1v) is 8.88. The van der Waals surface area contributed by atoms with E-state index in [9.17, 15) is 10.1 Å². The second kappa shape index (κ2) is 6.68. The molecule has 0 saturated carbocycles. The van der Waals surface area contributed by atoms with Crippen LogP contribution in [0.1, 0.15) is 50.7 Å². The molecule has 1 fully saturated rings. The van der Waals surface area contributed by atoms with Crippen LogP contribution in [-0.4, -0.2) is 24.0 Å². The molecule has 0 radical (unpaired) electrons. The summed E-state index contributed by atoms with van der Waals surface area (Å²) in [6.45, 7) is 5.82. The van der Waals surface area contributed by atoms with Gasteiger partial charge in [0.25, 0.3) is 0 Å². The number of rotatable bonds is 2. The lowest BCUT2D eigenvalue weighted by molar-refractivity contribution is 0.190. The number of nitriles is 1. The average molecular weight is 323 g/mol. The number of fused-ring (bicyclic) bond motifs is 1. The van der Waals surface area contributed by atoms with Gasteiger partial charge in [-0.2, -0.15) is 5.26 Å². The van der Waals surface area contributed by atoms with Gasteiger partial charge in [0, 0.05) is 24.1 Å². The van der Waals surface area contributed by atoms with Crippen LogP contribution in [0.15, 0.2) is 29.8 Å². The zero-order chi connectivity index (χ0) is 17.2. The van der Waals surface area contributed by atoms with E-state index in [0.29, 0.717) is 11.3 Å². The Balaban J connectivity index is 2.00. The molecule has 1 atom stereocenters. The van der Waals surface area contributed by atoms with E-state index in [1.807, 2.05) is 23.1 Å². The number of carbonyl (C=O) groups excluding carboxylic acids is 1. The smallest absolute Gasteiger partial charge is 0.321 e. The van der Waals surface area contributed by atoms with Crippen LogP contribution in [0.3, 0.4) is 0 Å². The van der Waals surface area contributed by atoms with Crippen LogP contribution < -0.4 is 5.32 Å². The Morgan fingerprint density at radius 1 is 1.29 bits per heavy atom. The fourth-order valence-corrected chi connectivity index (χ4v) is 3.77. The number of carbonyl (C=O) groups is 1. The van der Waals surface area contributed by atoms with Crippen LogP contribution in [0.25, 0.3) is 5.70 Å². The fraction of sp³-hybridized carbons (Fsp3) is 0.500. The minimum absolute atomic E-state index is 0.0763. The summed E-state index contributed by atoms with van der Waals surface area (Å²) in [4.78, 5) is 14.6. The summed E-state index contributed by atoms with van der Waals surface area (Å²) < 4.78 is 0. The Bertz CT molecular complexity index is 710. The minimum atomic E-state index is -0.229. The predicted molar refractivity (Wildman–Crippen MR) is 95.0 cm³/mol. The summed E-state index contributed by atoms with van der Waals surface area (Å²) >= 11 is 0. The SMILES string of the molecule is CC[C@@]1(C)Cc2ccccc2C(NC(=O)N2CCCCC2)=C1C#N. The third-order valence-corrected chi connectivity index (χ3v) is 5.49. The van der Waals surface area contributed by atoms with Gasteiger partial charge >= 0.3 is 6.03 Å². The highest BCUT2D eigenvalue weighted by atomic mass is 16.2. The number of allylic oxidation sites excluding steroid dienone is 1. The van der Waals surface area contributed by atoms with E-state index in [1.165, 1.54) is 12.0 Å². The molecule has 24 heavy (non-hydrogen) atoms. The standard InChI is InChI=1S/C20H25N3O/c1-3-20(2)13-15-9-5-6-10-16(15)18(17(20)14-21)22-19(24)23-11-7-4-8-12-23/h5-6,9-10H,3-4,7-8,11-13H2,1-2H3,(H,22,24)/t20-/m0/s1. The van der Waals surface area contributed by atoms with Crippen molar-refractivity contribution >= 4 is 11.7 Å². The molecule has 0 unspecified atom stereocenters. The van der Waals surface area contributed by atoms with Crippen LogP contribution in [0.4, 0.5) is 4.79 Å². The first-order chi connectivity index (χ1) is 11.6. The lowest BCUT2D eigenvalue weighted by atomic mass is 9.69. The van der Waals surface area contributed by atoms with Crippen molar-refractivity contribution in [2.24, 2.45) is 5.41 Å². The average Bonchev–Trinajstić information content (AvgIpc) is 2.62. The zero-order valence-corrected chi connectivity index (χ0v) is 14.6. The van der Waals surface area contributed by atoms with Gasteiger partial charge in [-0.05, 0) is 37.7 Å². The molecule has 3 rings (SSSR count). The summed E-state index contributed by atoms with van der Waals surface area (Å²) in [5.41, 5.74) is 3.38. The maximum Gasteiger partial charge on any atom is 0.321 e. The molecule has 1 aromatic rings. The molecule has 0 bridgehead atoms. The third-order valence-electron chi connectivity index (χ3n) is 5.49. The van der Waals surface area contributed by atoms with Crippen molar-refractivity contribution in [3.63, 3.8) is 0 Å². The van der Waals surface area contributed by atoms with Crippen molar-refractivity contribution in [2.45, 2.75) is 46.0 Å². The summed E-state index contributed by atoms with van der Waals surface area (Å²) in [6.07, 6.45) is 5.01. The van der Waals surface area contributed by atoms with Crippen molar-refractivity contribution in [1.29, 1.82) is 5.26 Å². The first-order valence-electron chi connectivity index (χ1n) is 8.88. The molecule has 4 heteroatoms. The zero-order valence-electron chi connectivity index (χ0n) is 14.6. The normalized spacial score (nSPS) is 23.5. The summed E-state index contributed by atoms with van der Waals surface area (Å²) in [7, 11) is 0. The number of amides is 2. The first kappa shape index (κ1) is 16.6. The predicted octanol–water partition coefficient (Wildman–Crippen LogP) is 4.09. The Kier molecular flexibility index (Phi) is 4.62. The molecule has 1 heterocycles. The summed E-state index contributed by atoms with van der Waals surface area (Å²) in [5.74, 6) is 0. The van der Waals surface area contributed by atoms with Crippen LogP contribution in [0.2, 0.25) is 0 Å². The molecule has 4 nitrogen and oxygen atoms in total. The molecule has 2 aliphatic rings. The van der Waals surface area contributed by atoms with Crippen LogP contribution >= 0.6 is 0 Å². The molecule has 0 spiro atoms. The van der Waals surface area contributed by atoms with E-state index < -0.39 is 0 Å².